The summed E-state index contributed by atoms with van der Waals surface area (Å²) in [5.74, 6) is 1.12. The zero-order valence-electron chi connectivity index (χ0n) is 13.7. The zero-order valence-corrected chi connectivity index (χ0v) is 15.3. The summed E-state index contributed by atoms with van der Waals surface area (Å²) in [5, 5.41) is 10.8. The van der Waals surface area contributed by atoms with Crippen LogP contribution in [0.15, 0.2) is 51.8 Å². The predicted octanol–water partition coefficient (Wildman–Crippen LogP) is 3.81. The minimum Gasteiger partial charge on any atom is -0.465 e. The molecule has 2 heterocycles. The Morgan fingerprint density at radius 1 is 1.27 bits per heavy atom. The fraction of sp³-hybridized carbons (Fsp3) is 0.167. The summed E-state index contributed by atoms with van der Waals surface area (Å²) in [5.41, 5.74) is 0.964. The fourth-order valence-electron chi connectivity index (χ4n) is 2.44. The Bertz CT molecular complexity index is 861. The van der Waals surface area contributed by atoms with E-state index >= 15 is 0 Å². The number of thiocarbonyl (C=S) groups is 1. The molecule has 0 spiro atoms. The van der Waals surface area contributed by atoms with Crippen molar-refractivity contribution in [3.63, 3.8) is 0 Å². The molecule has 2 aromatic rings. The molecule has 0 bridgehead atoms. The number of hydrogen-bond acceptors (Lipinski definition) is 5. The summed E-state index contributed by atoms with van der Waals surface area (Å²) in [7, 11) is 0. The molecule has 0 unspecified atom stereocenters. The van der Waals surface area contributed by atoms with E-state index in [4.69, 9.17) is 21.7 Å². The maximum atomic E-state index is 12.5. The second-order valence-electron chi connectivity index (χ2n) is 5.49. The quantitative estimate of drug-likeness (QED) is 0.445. The van der Waals surface area contributed by atoms with Gasteiger partial charge < -0.3 is 14.8 Å². The average molecular weight is 388 g/mol. The van der Waals surface area contributed by atoms with Crippen molar-refractivity contribution < 1.29 is 19.1 Å². The Balaban J connectivity index is 1.66. The predicted molar refractivity (Wildman–Crippen MR) is 105 cm³/mol. The van der Waals surface area contributed by atoms with Gasteiger partial charge in [-0.05, 0) is 18.6 Å². The molecule has 1 aliphatic rings. The number of carboxylic acid groups (broad SMARTS) is 1. The van der Waals surface area contributed by atoms with Gasteiger partial charge in [-0.3, -0.25) is 9.69 Å². The third-order valence-corrected chi connectivity index (χ3v) is 5.04. The molecule has 0 aliphatic carbocycles. The number of hydrogen-bond donors (Lipinski definition) is 2. The normalized spacial score (nSPS) is 15.7. The molecule has 6 nitrogen and oxygen atoms in total. The van der Waals surface area contributed by atoms with Crippen molar-refractivity contribution in [3.05, 3.63) is 53.1 Å². The van der Waals surface area contributed by atoms with Crippen LogP contribution < -0.4 is 5.32 Å². The molecule has 3 rings (SSSR count). The van der Waals surface area contributed by atoms with E-state index in [1.807, 2.05) is 42.5 Å². The largest absolute Gasteiger partial charge is 0.465 e. The average Bonchev–Trinajstić information content (AvgIpc) is 3.19. The third kappa shape index (κ3) is 4.33. The van der Waals surface area contributed by atoms with Crippen molar-refractivity contribution in [1.29, 1.82) is 0 Å². The van der Waals surface area contributed by atoms with Gasteiger partial charge in [0.05, 0.1) is 4.91 Å². The van der Waals surface area contributed by atoms with E-state index in [1.165, 1.54) is 16.7 Å². The van der Waals surface area contributed by atoms with Crippen molar-refractivity contribution in [2.45, 2.75) is 6.42 Å². The van der Waals surface area contributed by atoms with E-state index < -0.39 is 6.09 Å². The topological polar surface area (TPSA) is 82.8 Å². The minimum absolute atomic E-state index is 0.187. The lowest BCUT2D eigenvalue weighted by atomic mass is 10.2. The molecule has 8 heteroatoms. The lowest BCUT2D eigenvalue weighted by molar-refractivity contribution is -0.122. The standard InChI is InChI=1S/C18H16N2O4S2/c21-16-15(26-18(25)20(16)10-4-9-19-17(22)23)11-13-7-8-14(24-13)12-5-2-1-3-6-12/h1-3,5-8,11,19H,4,9-10H2,(H,22,23). The monoisotopic (exact) mass is 388 g/mol. The van der Waals surface area contributed by atoms with Crippen LogP contribution in [-0.2, 0) is 4.79 Å². The van der Waals surface area contributed by atoms with Crippen LogP contribution in [0, 0.1) is 0 Å². The molecule has 1 fully saturated rings. The molecule has 0 atom stereocenters. The lowest BCUT2D eigenvalue weighted by Crippen LogP contribution is -2.32. The second-order valence-corrected chi connectivity index (χ2v) is 7.16. The van der Waals surface area contributed by atoms with Crippen LogP contribution >= 0.6 is 24.0 Å². The third-order valence-electron chi connectivity index (χ3n) is 3.67. The number of thioether (sulfide) groups is 1. The van der Waals surface area contributed by atoms with Gasteiger partial charge in [0.15, 0.2) is 0 Å². The minimum atomic E-state index is -1.08. The number of nitrogens with zero attached hydrogens (tertiary/aromatic N) is 1. The number of benzene rings is 1. The van der Waals surface area contributed by atoms with Crippen LogP contribution in [0.5, 0.6) is 0 Å². The van der Waals surface area contributed by atoms with E-state index in [1.54, 1.807) is 6.08 Å². The van der Waals surface area contributed by atoms with Gasteiger partial charge in [-0.2, -0.15) is 0 Å². The SMILES string of the molecule is O=C(O)NCCCN1C(=O)C(=Cc2ccc(-c3ccccc3)o2)SC1=S. The van der Waals surface area contributed by atoms with Gasteiger partial charge in [-0.1, -0.05) is 54.3 Å². The van der Waals surface area contributed by atoms with Crippen molar-refractivity contribution >= 4 is 46.4 Å². The Morgan fingerprint density at radius 3 is 2.77 bits per heavy atom. The number of carbonyl (C=O) groups is 2. The first kappa shape index (κ1) is 18.2. The highest BCUT2D eigenvalue weighted by atomic mass is 32.2. The van der Waals surface area contributed by atoms with E-state index in [2.05, 4.69) is 5.32 Å². The van der Waals surface area contributed by atoms with Crippen LogP contribution in [-0.4, -0.2) is 39.4 Å². The number of rotatable bonds is 6. The van der Waals surface area contributed by atoms with E-state index in [0.717, 1.165) is 11.3 Å². The van der Waals surface area contributed by atoms with Crippen molar-refractivity contribution in [3.8, 4) is 11.3 Å². The Labute approximate surface area is 159 Å². The number of carbonyl (C=O) groups excluding carboxylic acids is 1. The second kappa shape index (κ2) is 8.20. The summed E-state index contributed by atoms with van der Waals surface area (Å²) in [4.78, 5) is 24.9. The van der Waals surface area contributed by atoms with Crippen LogP contribution in [0.4, 0.5) is 4.79 Å². The molecule has 1 saturated heterocycles. The van der Waals surface area contributed by atoms with Crippen LogP contribution in [0.1, 0.15) is 12.2 Å². The molecule has 2 N–H and O–H groups in total. The van der Waals surface area contributed by atoms with Crippen molar-refractivity contribution in [2.75, 3.05) is 13.1 Å². The van der Waals surface area contributed by atoms with Crippen molar-refractivity contribution in [1.82, 2.24) is 10.2 Å². The van der Waals surface area contributed by atoms with Crippen LogP contribution in [0.2, 0.25) is 0 Å². The van der Waals surface area contributed by atoms with E-state index in [-0.39, 0.29) is 12.5 Å². The summed E-state index contributed by atoms with van der Waals surface area (Å²) in [6, 6.07) is 13.4. The summed E-state index contributed by atoms with van der Waals surface area (Å²) in [6.07, 6.45) is 1.09. The maximum Gasteiger partial charge on any atom is 0.404 e. The molecular formula is C18H16N2O4S2. The molecular weight excluding hydrogens is 372 g/mol. The Kier molecular flexibility index (Phi) is 5.75. The zero-order chi connectivity index (χ0) is 18.5. The van der Waals surface area contributed by atoms with Crippen LogP contribution in [0.25, 0.3) is 17.4 Å². The molecule has 0 saturated carbocycles. The van der Waals surface area contributed by atoms with Gasteiger partial charge in [0, 0.05) is 24.7 Å². The molecule has 2 amide bonds. The maximum absolute atomic E-state index is 12.5. The summed E-state index contributed by atoms with van der Waals surface area (Å²) < 4.78 is 6.26. The van der Waals surface area contributed by atoms with Crippen LogP contribution in [0.3, 0.4) is 0 Å². The lowest BCUT2D eigenvalue weighted by Gasteiger charge is -2.13. The molecule has 26 heavy (non-hydrogen) atoms. The van der Waals surface area contributed by atoms with Gasteiger partial charge in [0.2, 0.25) is 0 Å². The fourth-order valence-corrected chi connectivity index (χ4v) is 3.73. The molecule has 1 aliphatic heterocycles. The van der Waals surface area contributed by atoms with E-state index in [0.29, 0.717) is 28.0 Å². The molecule has 134 valence electrons. The Hall–Kier alpha value is -2.58. The smallest absolute Gasteiger partial charge is 0.404 e. The highest BCUT2D eigenvalue weighted by molar-refractivity contribution is 8.26. The van der Waals surface area contributed by atoms with E-state index in [9.17, 15) is 9.59 Å². The van der Waals surface area contributed by atoms with Crippen molar-refractivity contribution in [2.24, 2.45) is 0 Å². The summed E-state index contributed by atoms with van der Waals surface area (Å²) >= 11 is 6.47. The number of nitrogens with one attached hydrogen (secondary N) is 1. The van der Waals surface area contributed by atoms with Gasteiger partial charge in [-0.15, -0.1) is 0 Å². The first-order valence-electron chi connectivity index (χ1n) is 7.92. The van der Waals surface area contributed by atoms with Gasteiger partial charge in [-0.25, -0.2) is 4.79 Å². The highest BCUT2D eigenvalue weighted by Crippen LogP contribution is 2.33. The first-order valence-corrected chi connectivity index (χ1v) is 9.14. The van der Waals surface area contributed by atoms with Gasteiger partial charge in [0.1, 0.15) is 15.8 Å². The Morgan fingerprint density at radius 2 is 2.04 bits per heavy atom. The summed E-state index contributed by atoms with van der Waals surface area (Å²) in [6.45, 7) is 0.639. The van der Waals surface area contributed by atoms with Gasteiger partial charge >= 0.3 is 6.09 Å². The molecule has 1 aromatic heterocycles. The number of amides is 2. The first-order chi connectivity index (χ1) is 12.5. The number of furan rings is 1. The molecule has 0 radical (unpaired) electrons. The van der Waals surface area contributed by atoms with Gasteiger partial charge in [0.25, 0.3) is 5.91 Å². The molecule has 1 aromatic carbocycles. The highest BCUT2D eigenvalue weighted by Gasteiger charge is 2.31.